The molecule has 0 N–H and O–H groups in total. The van der Waals surface area contributed by atoms with E-state index < -0.39 is 7.14 Å². The summed E-state index contributed by atoms with van der Waals surface area (Å²) >= 11 is 5.01. The highest BCUT2D eigenvalue weighted by molar-refractivity contribution is 8.00. The van der Waals surface area contributed by atoms with Crippen LogP contribution in [0.5, 0.6) is 0 Å². The van der Waals surface area contributed by atoms with E-state index in [2.05, 4.69) is 0 Å². The van der Waals surface area contributed by atoms with Crippen LogP contribution in [-0.4, -0.2) is 22.6 Å². The molecular formula is C7H10NOPS. The molecule has 0 atom stereocenters. The molecule has 2 nitrogen and oxygen atoms in total. The molecule has 0 aliphatic carbocycles. The van der Waals surface area contributed by atoms with Gasteiger partial charge >= 0.3 is 0 Å². The Hall–Kier alpha value is -0.400. The SMILES string of the molecule is CP(C)(=O)C(=S)n1cccc1. The van der Waals surface area contributed by atoms with Crippen LogP contribution >= 0.6 is 19.4 Å². The molecule has 0 aliphatic heterocycles. The lowest BCUT2D eigenvalue weighted by Crippen LogP contribution is -2.05. The Bertz CT molecular complexity index is 298. The standard InChI is InChI=1S/C7H10NOPS/c1-10(2,9)7(11)8-5-3-4-6-8/h3-6H,1-2H3. The van der Waals surface area contributed by atoms with E-state index in [1.165, 1.54) is 0 Å². The lowest BCUT2D eigenvalue weighted by Gasteiger charge is -2.08. The molecule has 1 rings (SSSR count). The maximum atomic E-state index is 11.5. The number of aromatic nitrogens is 1. The van der Waals surface area contributed by atoms with Gasteiger partial charge in [-0.25, -0.2) is 0 Å². The van der Waals surface area contributed by atoms with Gasteiger partial charge in [0.1, 0.15) is 11.9 Å². The first kappa shape index (κ1) is 8.69. The Balaban J connectivity index is 2.97. The van der Waals surface area contributed by atoms with Gasteiger partial charge in [-0.15, -0.1) is 0 Å². The maximum absolute atomic E-state index is 11.5. The first-order chi connectivity index (χ1) is 5.02. The summed E-state index contributed by atoms with van der Waals surface area (Å²) in [6, 6.07) is 3.73. The van der Waals surface area contributed by atoms with Gasteiger partial charge in [-0.05, 0) is 25.5 Å². The van der Waals surface area contributed by atoms with Crippen molar-refractivity contribution in [3.8, 4) is 0 Å². The second-order valence-corrected chi connectivity index (χ2v) is 6.54. The van der Waals surface area contributed by atoms with Gasteiger partial charge in [0, 0.05) is 12.4 Å². The van der Waals surface area contributed by atoms with Gasteiger partial charge in [0.25, 0.3) is 0 Å². The summed E-state index contributed by atoms with van der Waals surface area (Å²) in [6.45, 7) is 3.35. The van der Waals surface area contributed by atoms with Gasteiger partial charge in [0.2, 0.25) is 0 Å². The molecular weight excluding hydrogens is 177 g/mol. The third kappa shape index (κ3) is 2.01. The maximum Gasteiger partial charge on any atom is 0.146 e. The number of hydrogen-bond acceptors (Lipinski definition) is 2. The Morgan fingerprint density at radius 1 is 1.36 bits per heavy atom. The first-order valence-corrected chi connectivity index (χ1v) is 6.25. The zero-order valence-corrected chi connectivity index (χ0v) is 8.23. The van der Waals surface area contributed by atoms with Gasteiger partial charge in [-0.3, -0.25) is 0 Å². The minimum atomic E-state index is -2.25. The fourth-order valence-electron chi connectivity index (χ4n) is 0.740. The van der Waals surface area contributed by atoms with E-state index in [-0.39, 0.29) is 0 Å². The minimum Gasteiger partial charge on any atom is -0.317 e. The highest BCUT2D eigenvalue weighted by Crippen LogP contribution is 2.38. The molecule has 0 bridgehead atoms. The van der Waals surface area contributed by atoms with E-state index in [1.807, 2.05) is 24.5 Å². The average Bonchev–Trinajstić information content (AvgIpc) is 2.34. The molecule has 11 heavy (non-hydrogen) atoms. The lowest BCUT2D eigenvalue weighted by atomic mass is 10.7. The van der Waals surface area contributed by atoms with Gasteiger partial charge in [0.15, 0.2) is 0 Å². The molecule has 0 amide bonds. The predicted molar refractivity (Wildman–Crippen MR) is 51.9 cm³/mol. The Labute approximate surface area is 71.6 Å². The largest absolute Gasteiger partial charge is 0.317 e. The second-order valence-electron chi connectivity index (χ2n) is 2.72. The van der Waals surface area contributed by atoms with Crippen molar-refractivity contribution in [3.05, 3.63) is 24.5 Å². The van der Waals surface area contributed by atoms with Crippen molar-refractivity contribution >= 4 is 24.1 Å². The highest BCUT2D eigenvalue weighted by Gasteiger charge is 2.14. The fraction of sp³-hybridized carbons (Fsp3) is 0.286. The van der Waals surface area contributed by atoms with Gasteiger partial charge in [-0.1, -0.05) is 12.2 Å². The number of rotatable bonds is 1. The van der Waals surface area contributed by atoms with E-state index in [0.717, 1.165) is 0 Å². The van der Waals surface area contributed by atoms with Crippen molar-refractivity contribution in [2.75, 3.05) is 13.3 Å². The molecule has 0 aliphatic rings. The minimum absolute atomic E-state index is 0.516. The fourth-order valence-corrected chi connectivity index (χ4v) is 1.55. The van der Waals surface area contributed by atoms with Crippen LogP contribution in [0.3, 0.4) is 0 Å². The van der Waals surface area contributed by atoms with E-state index in [1.54, 1.807) is 17.9 Å². The highest BCUT2D eigenvalue weighted by atomic mass is 32.1. The summed E-state index contributed by atoms with van der Waals surface area (Å²) in [5.74, 6) is 0. The summed E-state index contributed by atoms with van der Waals surface area (Å²) in [5, 5.41) is 0. The van der Waals surface area contributed by atoms with E-state index in [4.69, 9.17) is 12.2 Å². The Morgan fingerprint density at radius 3 is 2.18 bits per heavy atom. The molecule has 0 spiro atoms. The molecule has 1 aromatic rings. The van der Waals surface area contributed by atoms with E-state index >= 15 is 0 Å². The molecule has 1 aromatic heterocycles. The zero-order chi connectivity index (χ0) is 8.48. The molecule has 0 radical (unpaired) electrons. The van der Waals surface area contributed by atoms with Crippen LogP contribution in [0, 0.1) is 0 Å². The van der Waals surface area contributed by atoms with Crippen LogP contribution in [0.4, 0.5) is 0 Å². The second kappa shape index (κ2) is 2.92. The van der Waals surface area contributed by atoms with Crippen LogP contribution in [0.2, 0.25) is 0 Å². The Morgan fingerprint density at radius 2 is 1.82 bits per heavy atom. The topological polar surface area (TPSA) is 22.0 Å². The van der Waals surface area contributed by atoms with Crippen LogP contribution in [0.25, 0.3) is 0 Å². The molecule has 4 heteroatoms. The third-order valence-electron chi connectivity index (χ3n) is 1.29. The predicted octanol–water partition coefficient (Wildman–Crippen LogP) is 2.24. The summed E-state index contributed by atoms with van der Waals surface area (Å²) < 4.78 is 13.7. The number of nitrogens with zero attached hydrogens (tertiary/aromatic N) is 1. The van der Waals surface area contributed by atoms with Gasteiger partial charge in [0.05, 0.1) is 0 Å². The summed E-state index contributed by atoms with van der Waals surface area (Å²) in [6.07, 6.45) is 3.62. The van der Waals surface area contributed by atoms with Crippen LogP contribution < -0.4 is 0 Å². The quantitative estimate of drug-likeness (QED) is 0.497. The molecule has 0 fully saturated rings. The molecule has 1 heterocycles. The zero-order valence-electron chi connectivity index (χ0n) is 6.52. The van der Waals surface area contributed by atoms with Crippen LogP contribution in [-0.2, 0) is 4.57 Å². The lowest BCUT2D eigenvalue weighted by molar-refractivity contribution is 0.589. The van der Waals surface area contributed by atoms with Crippen molar-refractivity contribution < 1.29 is 4.57 Å². The third-order valence-corrected chi connectivity index (χ3v) is 3.97. The van der Waals surface area contributed by atoms with Gasteiger partial charge < -0.3 is 9.13 Å². The van der Waals surface area contributed by atoms with E-state index in [9.17, 15) is 4.57 Å². The molecule has 60 valence electrons. The normalized spacial score (nSPS) is 11.5. The molecule has 0 aromatic carbocycles. The number of hydrogen-bond donors (Lipinski definition) is 0. The summed E-state index contributed by atoms with van der Waals surface area (Å²) in [4.78, 5) is 0. The van der Waals surface area contributed by atoms with Crippen molar-refractivity contribution in [2.24, 2.45) is 0 Å². The first-order valence-electron chi connectivity index (χ1n) is 3.24. The summed E-state index contributed by atoms with van der Waals surface area (Å²) in [5.41, 5.74) is 0. The van der Waals surface area contributed by atoms with Crippen molar-refractivity contribution in [1.29, 1.82) is 0 Å². The van der Waals surface area contributed by atoms with E-state index in [0.29, 0.717) is 4.73 Å². The number of thiocarbonyl (C=S) groups is 1. The van der Waals surface area contributed by atoms with Crippen LogP contribution in [0.15, 0.2) is 24.5 Å². The molecule has 0 unspecified atom stereocenters. The molecule has 0 saturated heterocycles. The molecule has 0 saturated carbocycles. The van der Waals surface area contributed by atoms with Crippen LogP contribution in [0.1, 0.15) is 0 Å². The van der Waals surface area contributed by atoms with Crippen molar-refractivity contribution in [3.63, 3.8) is 0 Å². The Kier molecular flexibility index (Phi) is 2.31. The van der Waals surface area contributed by atoms with Crippen molar-refractivity contribution in [2.45, 2.75) is 0 Å². The smallest absolute Gasteiger partial charge is 0.146 e. The average molecular weight is 187 g/mol. The van der Waals surface area contributed by atoms with Crippen molar-refractivity contribution in [1.82, 2.24) is 4.57 Å². The monoisotopic (exact) mass is 187 g/mol. The summed E-state index contributed by atoms with van der Waals surface area (Å²) in [7, 11) is -2.25. The van der Waals surface area contributed by atoms with Gasteiger partial charge in [-0.2, -0.15) is 0 Å².